The number of rotatable bonds is 7. The molecule has 0 fully saturated rings. The Morgan fingerprint density at radius 2 is 1.93 bits per heavy atom. The number of carbonyl (C=O) groups is 1. The minimum atomic E-state index is -0.355. The van der Waals surface area contributed by atoms with Crippen molar-refractivity contribution in [3.05, 3.63) is 82.1 Å². The van der Waals surface area contributed by atoms with Crippen LogP contribution < -0.4 is 10.2 Å². The van der Waals surface area contributed by atoms with E-state index in [0.717, 1.165) is 21.3 Å². The number of aromatic nitrogens is 2. The molecular weight excluding hydrogens is 408 g/mol. The quantitative estimate of drug-likeness (QED) is 0.460. The number of hydrogen-bond donors (Lipinski definition) is 1. The van der Waals surface area contributed by atoms with Crippen molar-refractivity contribution < 1.29 is 9.53 Å². The fraction of sp³-hybridized carbons (Fsp3) is 0.150. The Morgan fingerprint density at radius 3 is 2.63 bits per heavy atom. The van der Waals surface area contributed by atoms with Gasteiger partial charge in [-0.25, -0.2) is 5.43 Å². The number of nitrogens with one attached hydrogen (secondary N) is 1. The predicted octanol–water partition coefficient (Wildman–Crippen LogP) is 3.86. The van der Waals surface area contributed by atoms with Crippen LogP contribution in [0.2, 0.25) is 0 Å². The van der Waals surface area contributed by atoms with Gasteiger partial charge >= 0.3 is 0 Å². The van der Waals surface area contributed by atoms with Crippen LogP contribution in [0.25, 0.3) is 0 Å². The maximum atomic E-state index is 12.2. The van der Waals surface area contributed by atoms with Gasteiger partial charge in [0.05, 0.1) is 19.4 Å². The Hall–Kier alpha value is -2.93. The summed E-state index contributed by atoms with van der Waals surface area (Å²) >= 11 is 3.41. The highest BCUT2D eigenvalue weighted by Crippen LogP contribution is 2.12. The van der Waals surface area contributed by atoms with E-state index in [1.165, 1.54) is 0 Å². The van der Waals surface area contributed by atoms with Crippen molar-refractivity contribution in [3.63, 3.8) is 0 Å². The first-order chi connectivity index (χ1) is 13.1. The van der Waals surface area contributed by atoms with Crippen LogP contribution in [0.3, 0.4) is 0 Å². The van der Waals surface area contributed by atoms with Gasteiger partial charge in [0.1, 0.15) is 5.75 Å². The first-order valence-corrected chi connectivity index (χ1v) is 9.27. The lowest BCUT2D eigenvalue weighted by atomic mass is 10.2. The zero-order valence-corrected chi connectivity index (χ0v) is 16.4. The topological polar surface area (TPSA) is 68.5 Å². The molecule has 1 amide bonds. The van der Waals surface area contributed by atoms with Gasteiger partial charge < -0.3 is 4.74 Å². The van der Waals surface area contributed by atoms with E-state index >= 15 is 0 Å². The molecule has 0 aliphatic rings. The molecule has 1 aromatic heterocycles. The van der Waals surface area contributed by atoms with Crippen molar-refractivity contribution in [1.29, 1.82) is 0 Å². The van der Waals surface area contributed by atoms with Gasteiger partial charge in [0, 0.05) is 10.7 Å². The summed E-state index contributed by atoms with van der Waals surface area (Å²) in [6.45, 7) is 3.15. The van der Waals surface area contributed by atoms with E-state index in [1.807, 2.05) is 55.5 Å². The standard InChI is InChI=1S/C20H19BrN4O2/c1-2-27-18-9-5-15(6-10-18)13-22-23-20(26)19-11-12-25(24-19)14-16-3-7-17(21)8-4-16/h3-13H,2,14H2,1H3,(H,23,26). The number of amides is 1. The fourth-order valence-electron chi connectivity index (χ4n) is 2.39. The molecule has 6 nitrogen and oxygen atoms in total. The van der Waals surface area contributed by atoms with E-state index in [2.05, 4.69) is 31.6 Å². The van der Waals surface area contributed by atoms with Crippen LogP contribution in [0.5, 0.6) is 5.75 Å². The average molecular weight is 427 g/mol. The molecule has 138 valence electrons. The minimum Gasteiger partial charge on any atom is -0.494 e. The number of ether oxygens (including phenoxy) is 1. The lowest BCUT2D eigenvalue weighted by Crippen LogP contribution is -2.18. The molecule has 0 aliphatic carbocycles. The lowest BCUT2D eigenvalue weighted by Gasteiger charge is -2.02. The molecule has 3 rings (SSSR count). The van der Waals surface area contributed by atoms with Crippen LogP contribution >= 0.6 is 15.9 Å². The molecule has 1 heterocycles. The second-order valence-corrected chi connectivity index (χ2v) is 6.64. The summed E-state index contributed by atoms with van der Waals surface area (Å²) in [4.78, 5) is 12.2. The molecule has 0 aliphatic heterocycles. The van der Waals surface area contributed by atoms with Gasteiger partial charge in [0.25, 0.3) is 5.91 Å². The number of nitrogens with zero attached hydrogens (tertiary/aromatic N) is 3. The molecule has 0 spiro atoms. The number of hydrazone groups is 1. The molecule has 7 heteroatoms. The van der Waals surface area contributed by atoms with Gasteiger partial charge in [-0.3, -0.25) is 9.48 Å². The summed E-state index contributed by atoms with van der Waals surface area (Å²) in [5, 5.41) is 8.26. The normalized spacial score (nSPS) is 10.9. The molecule has 3 aromatic rings. The van der Waals surface area contributed by atoms with E-state index < -0.39 is 0 Å². The minimum absolute atomic E-state index is 0.316. The highest BCUT2D eigenvalue weighted by Gasteiger charge is 2.08. The van der Waals surface area contributed by atoms with E-state index in [-0.39, 0.29) is 5.91 Å². The first-order valence-electron chi connectivity index (χ1n) is 8.48. The van der Waals surface area contributed by atoms with Crippen LogP contribution in [-0.2, 0) is 6.54 Å². The van der Waals surface area contributed by atoms with Crippen LogP contribution in [0.15, 0.2) is 70.4 Å². The van der Waals surface area contributed by atoms with E-state index in [1.54, 1.807) is 23.2 Å². The van der Waals surface area contributed by atoms with Crippen molar-refractivity contribution >= 4 is 28.1 Å². The smallest absolute Gasteiger partial charge is 0.291 e. The summed E-state index contributed by atoms with van der Waals surface area (Å²) in [6, 6.07) is 17.1. The zero-order chi connectivity index (χ0) is 19.1. The fourth-order valence-corrected chi connectivity index (χ4v) is 2.65. The largest absolute Gasteiger partial charge is 0.494 e. The van der Waals surface area contributed by atoms with Crippen molar-refractivity contribution in [2.24, 2.45) is 5.10 Å². The summed E-state index contributed by atoms with van der Waals surface area (Å²) in [5.41, 5.74) is 4.76. The third kappa shape index (κ3) is 5.52. The van der Waals surface area contributed by atoms with Crippen molar-refractivity contribution in [2.45, 2.75) is 13.5 Å². The summed E-state index contributed by atoms with van der Waals surface area (Å²) in [7, 11) is 0. The second kappa shape index (κ2) is 9.14. The highest BCUT2D eigenvalue weighted by molar-refractivity contribution is 9.10. The molecule has 0 radical (unpaired) electrons. The summed E-state index contributed by atoms with van der Waals surface area (Å²) < 4.78 is 8.13. The molecule has 0 bridgehead atoms. The first kappa shape index (κ1) is 18.8. The molecule has 2 aromatic carbocycles. The second-order valence-electron chi connectivity index (χ2n) is 5.73. The molecule has 0 saturated carbocycles. The van der Waals surface area contributed by atoms with Crippen molar-refractivity contribution in [2.75, 3.05) is 6.61 Å². The summed E-state index contributed by atoms with van der Waals surface area (Å²) in [6.07, 6.45) is 3.35. The Kier molecular flexibility index (Phi) is 6.38. The summed E-state index contributed by atoms with van der Waals surface area (Å²) in [5.74, 6) is 0.446. The van der Waals surface area contributed by atoms with Crippen LogP contribution in [-0.4, -0.2) is 28.5 Å². The highest BCUT2D eigenvalue weighted by atomic mass is 79.9. The Bertz CT molecular complexity index is 918. The van der Waals surface area contributed by atoms with Crippen LogP contribution in [0, 0.1) is 0 Å². The molecule has 0 saturated heterocycles. The third-order valence-electron chi connectivity index (χ3n) is 3.70. The van der Waals surface area contributed by atoms with Gasteiger partial charge in [-0.15, -0.1) is 0 Å². The van der Waals surface area contributed by atoms with Gasteiger partial charge in [-0.05, 0) is 60.5 Å². The van der Waals surface area contributed by atoms with E-state index in [4.69, 9.17) is 4.74 Å². The third-order valence-corrected chi connectivity index (χ3v) is 4.23. The maximum absolute atomic E-state index is 12.2. The van der Waals surface area contributed by atoms with Gasteiger partial charge in [-0.2, -0.15) is 10.2 Å². The van der Waals surface area contributed by atoms with Gasteiger partial charge in [0.15, 0.2) is 5.69 Å². The molecule has 0 unspecified atom stereocenters. The Balaban J connectivity index is 1.55. The van der Waals surface area contributed by atoms with Gasteiger partial charge in [-0.1, -0.05) is 28.1 Å². The van der Waals surface area contributed by atoms with Gasteiger partial charge in [0.2, 0.25) is 0 Å². The Labute approximate surface area is 166 Å². The Morgan fingerprint density at radius 1 is 1.19 bits per heavy atom. The average Bonchev–Trinajstić information content (AvgIpc) is 3.14. The molecule has 27 heavy (non-hydrogen) atoms. The zero-order valence-electron chi connectivity index (χ0n) is 14.8. The van der Waals surface area contributed by atoms with Crippen molar-refractivity contribution in [1.82, 2.24) is 15.2 Å². The van der Waals surface area contributed by atoms with Crippen molar-refractivity contribution in [3.8, 4) is 5.75 Å². The monoisotopic (exact) mass is 426 g/mol. The number of hydrogen-bond acceptors (Lipinski definition) is 4. The van der Waals surface area contributed by atoms with Crippen LogP contribution in [0.1, 0.15) is 28.5 Å². The molecular formula is C20H19BrN4O2. The molecule has 1 N–H and O–H groups in total. The number of carbonyl (C=O) groups excluding carboxylic acids is 1. The van der Waals surface area contributed by atoms with Crippen LogP contribution in [0.4, 0.5) is 0 Å². The SMILES string of the molecule is CCOc1ccc(C=NNC(=O)c2ccn(Cc3ccc(Br)cc3)n2)cc1. The molecule has 0 atom stereocenters. The lowest BCUT2D eigenvalue weighted by molar-refractivity contribution is 0.0949. The van der Waals surface area contributed by atoms with E-state index in [0.29, 0.717) is 18.8 Å². The number of benzene rings is 2. The number of halogens is 1. The predicted molar refractivity (Wildman–Crippen MR) is 108 cm³/mol. The maximum Gasteiger partial charge on any atom is 0.291 e. The van der Waals surface area contributed by atoms with E-state index in [9.17, 15) is 4.79 Å².